The largest absolute Gasteiger partial charge is 0.377 e. The van der Waals surface area contributed by atoms with Gasteiger partial charge in [0, 0.05) is 23.7 Å². The van der Waals surface area contributed by atoms with E-state index in [4.69, 9.17) is 16.3 Å². The Hall–Kier alpha value is -1.59. The highest BCUT2D eigenvalue weighted by molar-refractivity contribution is 7.91. The van der Waals surface area contributed by atoms with Crippen molar-refractivity contribution in [2.24, 2.45) is 0 Å². The van der Waals surface area contributed by atoms with Crippen LogP contribution in [-0.4, -0.2) is 43.8 Å². The summed E-state index contributed by atoms with van der Waals surface area (Å²) < 4.78 is 32.0. The van der Waals surface area contributed by atoms with Crippen molar-refractivity contribution in [2.75, 3.05) is 18.5 Å². The van der Waals surface area contributed by atoms with Crippen molar-refractivity contribution < 1.29 is 17.9 Å². The fourth-order valence-electron chi connectivity index (χ4n) is 2.21. The summed E-state index contributed by atoms with van der Waals surface area (Å²) in [5.41, 5.74) is 0.375. The third kappa shape index (κ3) is 4.73. The third-order valence-corrected chi connectivity index (χ3v) is 6.37. The van der Waals surface area contributed by atoms with E-state index >= 15 is 0 Å². The van der Waals surface area contributed by atoms with E-state index in [2.05, 4.69) is 20.2 Å². The van der Waals surface area contributed by atoms with E-state index in [9.17, 15) is 13.2 Å². The Kier molecular flexibility index (Phi) is 5.64. The lowest BCUT2D eigenvalue weighted by molar-refractivity contribution is 0.102. The first-order valence-corrected chi connectivity index (χ1v) is 10.1. The summed E-state index contributed by atoms with van der Waals surface area (Å²) in [7, 11) is -3.79. The van der Waals surface area contributed by atoms with Crippen LogP contribution in [0.5, 0.6) is 0 Å². The number of sulfonamides is 1. The molecule has 1 amide bonds. The van der Waals surface area contributed by atoms with Gasteiger partial charge in [0.15, 0.2) is 0 Å². The number of carbonyl (C=O) groups excluding carboxylic acids is 1. The van der Waals surface area contributed by atoms with E-state index in [1.165, 1.54) is 0 Å². The van der Waals surface area contributed by atoms with Gasteiger partial charge in [0.1, 0.15) is 0 Å². The molecule has 0 radical (unpaired) electrons. The minimum atomic E-state index is -3.79. The number of nitrogens with zero attached hydrogens (tertiary/aromatic N) is 2. The van der Waals surface area contributed by atoms with Gasteiger partial charge < -0.3 is 4.74 Å². The lowest BCUT2D eigenvalue weighted by Crippen LogP contribution is -2.31. The number of benzene rings is 1. The zero-order valence-electron chi connectivity index (χ0n) is 12.9. The van der Waals surface area contributed by atoms with Gasteiger partial charge in [-0.1, -0.05) is 22.9 Å². The molecule has 0 bridgehead atoms. The van der Waals surface area contributed by atoms with E-state index in [-0.39, 0.29) is 22.1 Å². The first-order valence-electron chi connectivity index (χ1n) is 7.46. The molecule has 1 saturated heterocycles. The van der Waals surface area contributed by atoms with Crippen molar-refractivity contribution in [3.63, 3.8) is 0 Å². The fraction of sp³-hybridized carbons (Fsp3) is 0.357. The first kappa shape index (κ1) is 18.2. The van der Waals surface area contributed by atoms with E-state index in [1.807, 2.05) is 0 Å². The SMILES string of the molecule is O=C(Nc1nnc(S(=O)(=O)NC[C@@H]2CCCO2)s1)c1ccc(Cl)cc1. The molecule has 25 heavy (non-hydrogen) atoms. The summed E-state index contributed by atoms with van der Waals surface area (Å²) in [4.78, 5) is 12.1. The average Bonchev–Trinajstić information content (AvgIpc) is 3.25. The van der Waals surface area contributed by atoms with E-state index in [0.717, 1.165) is 24.2 Å². The number of nitrogens with one attached hydrogen (secondary N) is 2. The smallest absolute Gasteiger partial charge is 0.269 e. The van der Waals surface area contributed by atoms with Crippen LogP contribution in [0.2, 0.25) is 5.02 Å². The molecule has 3 rings (SSSR count). The average molecular weight is 403 g/mol. The summed E-state index contributed by atoms with van der Waals surface area (Å²) in [6.45, 7) is 0.834. The van der Waals surface area contributed by atoms with E-state index in [1.54, 1.807) is 24.3 Å². The zero-order chi connectivity index (χ0) is 17.9. The van der Waals surface area contributed by atoms with Gasteiger partial charge in [0.2, 0.25) is 9.47 Å². The molecule has 1 aliphatic heterocycles. The maximum atomic E-state index is 12.2. The molecular weight excluding hydrogens is 388 g/mol. The topological polar surface area (TPSA) is 110 Å². The quantitative estimate of drug-likeness (QED) is 0.714. The number of ether oxygens (including phenoxy) is 1. The number of halogens is 1. The molecule has 2 N–H and O–H groups in total. The molecule has 11 heteroatoms. The molecule has 0 saturated carbocycles. The summed E-state index contributed by atoms with van der Waals surface area (Å²) >= 11 is 6.55. The maximum Gasteiger partial charge on any atom is 0.269 e. The van der Waals surface area contributed by atoms with Crippen LogP contribution in [0.4, 0.5) is 5.13 Å². The van der Waals surface area contributed by atoms with Crippen molar-refractivity contribution in [1.82, 2.24) is 14.9 Å². The number of hydrogen-bond acceptors (Lipinski definition) is 7. The predicted octanol–water partition coefficient (Wildman–Crippen LogP) is 1.90. The zero-order valence-corrected chi connectivity index (χ0v) is 15.3. The number of carbonyl (C=O) groups is 1. The number of anilines is 1. The summed E-state index contributed by atoms with van der Waals surface area (Å²) in [6.07, 6.45) is 1.62. The van der Waals surface area contributed by atoms with Crippen molar-refractivity contribution in [3.8, 4) is 0 Å². The number of aromatic nitrogens is 2. The fourth-order valence-corrected chi connectivity index (χ4v) is 4.34. The van der Waals surface area contributed by atoms with Crippen LogP contribution in [0.15, 0.2) is 28.6 Å². The van der Waals surface area contributed by atoms with E-state index in [0.29, 0.717) is 17.2 Å². The molecule has 0 spiro atoms. The van der Waals surface area contributed by atoms with Crippen LogP contribution >= 0.6 is 22.9 Å². The maximum absolute atomic E-state index is 12.2. The Morgan fingerprint density at radius 1 is 1.32 bits per heavy atom. The number of hydrogen-bond donors (Lipinski definition) is 2. The van der Waals surface area contributed by atoms with Crippen LogP contribution in [0.3, 0.4) is 0 Å². The highest BCUT2D eigenvalue weighted by atomic mass is 35.5. The lowest BCUT2D eigenvalue weighted by atomic mass is 10.2. The Bertz CT molecular complexity index is 848. The molecular formula is C14H15ClN4O4S2. The van der Waals surface area contributed by atoms with Crippen molar-refractivity contribution in [1.29, 1.82) is 0 Å². The second-order valence-corrected chi connectivity index (χ2v) is 8.68. The normalized spacial score (nSPS) is 17.6. The highest BCUT2D eigenvalue weighted by Gasteiger charge is 2.24. The summed E-state index contributed by atoms with van der Waals surface area (Å²) in [6, 6.07) is 6.28. The number of amides is 1. The van der Waals surface area contributed by atoms with Crippen LogP contribution < -0.4 is 10.0 Å². The standard InChI is InChI=1S/C14H15ClN4O4S2/c15-10-5-3-9(4-6-10)12(20)17-13-18-19-14(24-13)25(21,22)16-8-11-2-1-7-23-11/h3-6,11,16H,1-2,7-8H2,(H,17,18,20)/t11-/m0/s1. The molecule has 1 atom stereocenters. The monoisotopic (exact) mass is 402 g/mol. The summed E-state index contributed by atoms with van der Waals surface area (Å²) in [5, 5.41) is 10.5. The van der Waals surface area contributed by atoms with Crippen LogP contribution in [0.25, 0.3) is 0 Å². The Morgan fingerprint density at radius 3 is 2.76 bits per heavy atom. The molecule has 134 valence electrons. The molecule has 0 aliphatic carbocycles. The van der Waals surface area contributed by atoms with Gasteiger partial charge in [0.05, 0.1) is 6.10 Å². The Balaban J connectivity index is 1.62. The Morgan fingerprint density at radius 2 is 2.08 bits per heavy atom. The first-order chi connectivity index (χ1) is 11.9. The van der Waals surface area contributed by atoms with Crippen molar-refractivity contribution in [3.05, 3.63) is 34.9 Å². The van der Waals surface area contributed by atoms with Gasteiger partial charge >= 0.3 is 0 Å². The Labute approximate surface area is 153 Å². The second-order valence-electron chi connectivity index (χ2n) is 5.32. The molecule has 8 nitrogen and oxygen atoms in total. The summed E-state index contributed by atoms with van der Waals surface area (Å²) in [5.74, 6) is -0.427. The van der Waals surface area contributed by atoms with Gasteiger partial charge in [-0.25, -0.2) is 13.1 Å². The molecule has 2 aromatic rings. The van der Waals surface area contributed by atoms with Crippen molar-refractivity contribution in [2.45, 2.75) is 23.3 Å². The van der Waals surface area contributed by atoms with Crippen LogP contribution in [0.1, 0.15) is 23.2 Å². The van der Waals surface area contributed by atoms with Gasteiger partial charge in [-0.05, 0) is 37.1 Å². The van der Waals surface area contributed by atoms with Gasteiger partial charge in [-0.2, -0.15) is 0 Å². The molecule has 1 aromatic heterocycles. The molecule has 1 fully saturated rings. The van der Waals surface area contributed by atoms with Crippen LogP contribution in [0, 0.1) is 0 Å². The lowest BCUT2D eigenvalue weighted by Gasteiger charge is -2.09. The molecule has 0 unspecified atom stereocenters. The van der Waals surface area contributed by atoms with Crippen molar-refractivity contribution >= 4 is 44.0 Å². The highest BCUT2D eigenvalue weighted by Crippen LogP contribution is 2.21. The van der Waals surface area contributed by atoms with Crippen LogP contribution in [-0.2, 0) is 14.8 Å². The minimum absolute atomic E-state index is 0.0949. The van der Waals surface area contributed by atoms with Gasteiger partial charge in [0.25, 0.3) is 15.9 Å². The van der Waals surface area contributed by atoms with Gasteiger partial charge in [-0.3, -0.25) is 10.1 Å². The number of rotatable bonds is 6. The molecule has 1 aromatic carbocycles. The third-order valence-electron chi connectivity index (χ3n) is 3.49. The second kappa shape index (κ2) is 7.75. The van der Waals surface area contributed by atoms with Gasteiger partial charge in [-0.15, -0.1) is 10.2 Å². The minimum Gasteiger partial charge on any atom is -0.377 e. The molecule has 1 aliphatic rings. The predicted molar refractivity (Wildman–Crippen MR) is 93.5 cm³/mol. The molecule has 2 heterocycles. The van der Waals surface area contributed by atoms with E-state index < -0.39 is 15.9 Å².